The molecule has 0 atom stereocenters. The maximum Gasteiger partial charge on any atom is 0.139 e. The fraction of sp³-hybridized carbons (Fsp3) is 0. The van der Waals surface area contributed by atoms with E-state index in [0.29, 0.717) is 5.02 Å². The molecule has 0 spiro atoms. The summed E-state index contributed by atoms with van der Waals surface area (Å²) >= 11 is 5.93. The lowest BCUT2D eigenvalue weighted by molar-refractivity contribution is 0.743. The summed E-state index contributed by atoms with van der Waals surface area (Å²) in [4.78, 5) is 5.13. The van der Waals surface area contributed by atoms with E-state index in [1.54, 1.807) is 6.21 Å². The lowest BCUT2D eigenvalue weighted by Gasteiger charge is -1.94. The Morgan fingerprint density at radius 1 is 1.36 bits per heavy atom. The van der Waals surface area contributed by atoms with Gasteiger partial charge in [-0.15, -0.1) is 9.89 Å². The fourth-order valence-corrected chi connectivity index (χ4v) is 1.15. The maximum atomic E-state index is 5.93. The molecule has 0 saturated carbocycles. The van der Waals surface area contributed by atoms with Crippen LogP contribution in [-0.4, -0.2) is 21.1 Å². The largest absolute Gasteiger partial charge is 0.221 e. The van der Waals surface area contributed by atoms with Crippen LogP contribution in [0.25, 0.3) is 0 Å². The molecule has 5 heteroatoms. The average molecular weight is 207 g/mol. The van der Waals surface area contributed by atoms with Crippen LogP contribution in [0.2, 0.25) is 5.02 Å². The first-order chi connectivity index (χ1) is 6.86. The van der Waals surface area contributed by atoms with Crippen molar-refractivity contribution in [3.05, 3.63) is 47.5 Å². The van der Waals surface area contributed by atoms with Gasteiger partial charge in [0.1, 0.15) is 12.7 Å². The highest BCUT2D eigenvalue weighted by atomic mass is 35.5. The first kappa shape index (κ1) is 8.90. The molecule has 1 aromatic carbocycles. The van der Waals surface area contributed by atoms with Gasteiger partial charge in [-0.3, -0.25) is 0 Å². The van der Waals surface area contributed by atoms with Crippen LogP contribution in [0.3, 0.4) is 0 Å². The van der Waals surface area contributed by atoms with Crippen LogP contribution in [0, 0.1) is 0 Å². The zero-order valence-corrected chi connectivity index (χ0v) is 7.96. The van der Waals surface area contributed by atoms with Crippen molar-refractivity contribution in [2.75, 3.05) is 0 Å². The van der Waals surface area contributed by atoms with E-state index in [1.807, 2.05) is 24.3 Å². The van der Waals surface area contributed by atoms with E-state index in [9.17, 15) is 0 Å². The number of halogens is 1. The molecule has 2 aromatic rings. The molecule has 0 bridgehead atoms. The maximum absolute atomic E-state index is 5.93. The van der Waals surface area contributed by atoms with Crippen molar-refractivity contribution in [3.63, 3.8) is 0 Å². The highest BCUT2D eigenvalue weighted by molar-refractivity contribution is 6.33. The van der Waals surface area contributed by atoms with Crippen molar-refractivity contribution >= 4 is 17.8 Å². The molecule has 0 aliphatic carbocycles. The fourth-order valence-electron chi connectivity index (χ4n) is 0.963. The molecule has 14 heavy (non-hydrogen) atoms. The highest BCUT2D eigenvalue weighted by Gasteiger charge is 1.93. The molecule has 2 rings (SSSR count). The Bertz CT molecular complexity index is 436. The van der Waals surface area contributed by atoms with E-state index < -0.39 is 0 Å². The van der Waals surface area contributed by atoms with E-state index in [0.717, 1.165) is 5.56 Å². The molecule has 0 radical (unpaired) electrons. The summed E-state index contributed by atoms with van der Waals surface area (Å²) in [6.07, 6.45) is 4.56. The van der Waals surface area contributed by atoms with Gasteiger partial charge in [-0.1, -0.05) is 29.8 Å². The lowest BCUT2D eigenvalue weighted by atomic mass is 10.2. The number of benzene rings is 1. The third kappa shape index (κ3) is 1.97. The van der Waals surface area contributed by atoms with Gasteiger partial charge in [0.25, 0.3) is 0 Å². The molecule has 0 fully saturated rings. The SMILES string of the molecule is Clc1ccccc1/C=N\n1cncn1. The smallest absolute Gasteiger partial charge is 0.139 e. The Kier molecular flexibility index (Phi) is 2.55. The van der Waals surface area contributed by atoms with E-state index >= 15 is 0 Å². The molecule has 1 heterocycles. The van der Waals surface area contributed by atoms with E-state index in [-0.39, 0.29) is 0 Å². The second kappa shape index (κ2) is 4.02. The third-order valence-corrected chi connectivity index (χ3v) is 1.97. The Morgan fingerprint density at radius 2 is 2.21 bits per heavy atom. The molecular formula is C9H7ClN4. The van der Waals surface area contributed by atoms with Gasteiger partial charge in [0.05, 0.1) is 6.21 Å². The Balaban J connectivity index is 2.23. The van der Waals surface area contributed by atoms with E-state index in [1.165, 1.54) is 17.4 Å². The zero-order chi connectivity index (χ0) is 9.80. The third-order valence-electron chi connectivity index (χ3n) is 1.63. The first-order valence-electron chi connectivity index (χ1n) is 4.00. The minimum absolute atomic E-state index is 0.663. The second-order valence-corrected chi connectivity index (χ2v) is 2.99. The van der Waals surface area contributed by atoms with Crippen molar-refractivity contribution in [2.45, 2.75) is 0 Å². The van der Waals surface area contributed by atoms with Crippen LogP contribution in [0.4, 0.5) is 0 Å². The van der Waals surface area contributed by atoms with E-state index in [2.05, 4.69) is 15.2 Å². The summed E-state index contributed by atoms with van der Waals surface area (Å²) in [5.74, 6) is 0. The Labute approximate surface area is 85.8 Å². The van der Waals surface area contributed by atoms with Gasteiger partial charge in [0.2, 0.25) is 0 Å². The summed E-state index contributed by atoms with van der Waals surface area (Å²) in [6, 6.07) is 7.46. The van der Waals surface area contributed by atoms with Gasteiger partial charge in [-0.2, -0.15) is 5.10 Å². The molecule has 0 saturated heterocycles. The number of nitrogens with zero attached hydrogens (tertiary/aromatic N) is 4. The van der Waals surface area contributed by atoms with Crippen molar-refractivity contribution in [1.82, 2.24) is 14.9 Å². The summed E-state index contributed by atoms with van der Waals surface area (Å²) < 4.78 is 0. The molecule has 0 aliphatic rings. The van der Waals surface area contributed by atoms with Gasteiger partial charge in [-0.05, 0) is 6.07 Å². The van der Waals surface area contributed by atoms with Gasteiger partial charge in [0, 0.05) is 10.6 Å². The van der Waals surface area contributed by atoms with Crippen LogP contribution >= 0.6 is 11.6 Å². The lowest BCUT2D eigenvalue weighted by Crippen LogP contribution is -1.90. The van der Waals surface area contributed by atoms with Gasteiger partial charge in [-0.25, -0.2) is 4.98 Å². The second-order valence-electron chi connectivity index (χ2n) is 2.58. The first-order valence-corrected chi connectivity index (χ1v) is 4.37. The number of rotatable bonds is 2. The molecule has 70 valence electrons. The van der Waals surface area contributed by atoms with Gasteiger partial charge < -0.3 is 0 Å². The molecule has 0 amide bonds. The molecular weight excluding hydrogens is 200 g/mol. The molecule has 1 aromatic heterocycles. The number of hydrogen-bond donors (Lipinski definition) is 0. The Morgan fingerprint density at radius 3 is 2.93 bits per heavy atom. The van der Waals surface area contributed by atoms with Crippen molar-refractivity contribution in [3.8, 4) is 0 Å². The summed E-state index contributed by atoms with van der Waals surface area (Å²) in [5.41, 5.74) is 0.852. The highest BCUT2D eigenvalue weighted by Crippen LogP contribution is 2.12. The normalized spacial score (nSPS) is 10.9. The van der Waals surface area contributed by atoms with Crippen LogP contribution in [0.5, 0.6) is 0 Å². The Hall–Kier alpha value is -1.68. The number of hydrogen-bond acceptors (Lipinski definition) is 3. The monoisotopic (exact) mass is 206 g/mol. The summed E-state index contributed by atoms with van der Waals surface area (Å²) in [5, 5.41) is 8.52. The predicted octanol–water partition coefficient (Wildman–Crippen LogP) is 1.81. The minimum atomic E-state index is 0.663. The van der Waals surface area contributed by atoms with Crippen molar-refractivity contribution < 1.29 is 0 Å². The number of aromatic nitrogens is 3. The van der Waals surface area contributed by atoms with Crippen LogP contribution in [0.15, 0.2) is 42.0 Å². The van der Waals surface area contributed by atoms with Crippen LogP contribution in [0.1, 0.15) is 5.56 Å². The van der Waals surface area contributed by atoms with Crippen molar-refractivity contribution in [2.24, 2.45) is 5.10 Å². The molecule has 4 nitrogen and oxygen atoms in total. The standard InChI is InChI=1S/C9H7ClN4/c10-9-4-2-1-3-8(9)5-12-14-7-11-6-13-14/h1-7H/b12-5-. The molecule has 0 unspecified atom stereocenters. The molecule has 0 aliphatic heterocycles. The summed E-state index contributed by atoms with van der Waals surface area (Å²) in [6.45, 7) is 0. The summed E-state index contributed by atoms with van der Waals surface area (Å²) in [7, 11) is 0. The van der Waals surface area contributed by atoms with Crippen molar-refractivity contribution in [1.29, 1.82) is 0 Å². The quantitative estimate of drug-likeness (QED) is 0.704. The zero-order valence-electron chi connectivity index (χ0n) is 7.21. The average Bonchev–Trinajstić information content (AvgIpc) is 2.69. The minimum Gasteiger partial charge on any atom is -0.221 e. The topological polar surface area (TPSA) is 43.1 Å². The van der Waals surface area contributed by atoms with E-state index in [4.69, 9.17) is 11.6 Å². The van der Waals surface area contributed by atoms with Crippen LogP contribution in [-0.2, 0) is 0 Å². The molecule has 0 N–H and O–H groups in total. The van der Waals surface area contributed by atoms with Gasteiger partial charge in [0.15, 0.2) is 0 Å². The predicted molar refractivity (Wildman–Crippen MR) is 54.5 cm³/mol. The van der Waals surface area contributed by atoms with Crippen LogP contribution < -0.4 is 0 Å². The van der Waals surface area contributed by atoms with Gasteiger partial charge >= 0.3 is 0 Å².